The molecule has 6 nitrogen and oxygen atoms in total. The summed E-state index contributed by atoms with van der Waals surface area (Å²) in [6.07, 6.45) is 3.56. The monoisotopic (exact) mass is 404 g/mol. The van der Waals surface area contributed by atoms with Gasteiger partial charge in [-0.25, -0.2) is 4.39 Å². The van der Waals surface area contributed by atoms with Crippen LogP contribution in [0.15, 0.2) is 48.6 Å². The van der Waals surface area contributed by atoms with Crippen molar-refractivity contribution in [1.82, 2.24) is 5.32 Å². The van der Waals surface area contributed by atoms with Gasteiger partial charge < -0.3 is 20.5 Å². The Morgan fingerprint density at radius 3 is 2.46 bits per heavy atom. The molecule has 0 spiro atoms. The van der Waals surface area contributed by atoms with Crippen molar-refractivity contribution in [1.29, 1.82) is 0 Å². The van der Waals surface area contributed by atoms with Crippen LogP contribution < -0.4 is 20.5 Å². The van der Waals surface area contributed by atoms with Crippen LogP contribution in [0.4, 0.5) is 4.39 Å². The number of amides is 2. The van der Waals surface area contributed by atoms with Gasteiger partial charge in [0.05, 0.1) is 10.6 Å². The highest BCUT2D eigenvalue weighted by molar-refractivity contribution is 6.32. The maximum absolute atomic E-state index is 13.7. The molecule has 2 aliphatic heterocycles. The number of carbonyl (C=O) groups is 2. The summed E-state index contributed by atoms with van der Waals surface area (Å²) in [4.78, 5) is 24.5. The first-order valence-corrected chi connectivity index (χ1v) is 8.90. The molecule has 3 N–H and O–H groups in total. The number of nitrogens with two attached hydrogens (primary N) is 1. The molecule has 2 heterocycles. The number of halogens is 2. The molecule has 1 atom stereocenters. The van der Waals surface area contributed by atoms with E-state index in [1.807, 2.05) is 0 Å². The molecule has 0 radical (unpaired) electrons. The molecule has 146 valence electrons. The van der Waals surface area contributed by atoms with Crippen LogP contribution in [-0.4, -0.2) is 31.1 Å². The molecule has 8 heteroatoms. The van der Waals surface area contributed by atoms with Gasteiger partial charge in [0, 0.05) is 6.42 Å². The van der Waals surface area contributed by atoms with Crippen LogP contribution in [0, 0.1) is 5.82 Å². The second-order valence-corrected chi connectivity index (χ2v) is 6.54. The van der Waals surface area contributed by atoms with Crippen molar-refractivity contribution in [3.8, 4) is 11.5 Å². The Kier molecular flexibility index (Phi) is 6.16. The first-order chi connectivity index (χ1) is 13.4. The highest BCUT2D eigenvalue weighted by Gasteiger charge is 2.22. The Balaban J connectivity index is 1.96. The Labute approximate surface area is 166 Å². The van der Waals surface area contributed by atoms with E-state index in [2.05, 4.69) is 5.32 Å². The van der Waals surface area contributed by atoms with E-state index in [0.29, 0.717) is 16.3 Å². The minimum atomic E-state index is -1.01. The second-order valence-electron chi connectivity index (χ2n) is 6.13. The van der Waals surface area contributed by atoms with Crippen molar-refractivity contribution < 1.29 is 23.5 Å². The molecule has 1 unspecified atom stereocenters. The SMILES string of the molecule is NC(=O)C1Cc2ccc(c(Cl)c2)OCC=CCOc2ccc(F)cc2C(=O)N1. The fourth-order valence-electron chi connectivity index (χ4n) is 2.70. The number of hydrogen-bond acceptors (Lipinski definition) is 4. The average molecular weight is 405 g/mol. The summed E-state index contributed by atoms with van der Waals surface area (Å²) in [5.41, 5.74) is 6.09. The quantitative estimate of drug-likeness (QED) is 0.715. The predicted molar refractivity (Wildman–Crippen MR) is 102 cm³/mol. The van der Waals surface area contributed by atoms with E-state index < -0.39 is 23.7 Å². The number of nitrogens with one attached hydrogen (secondary N) is 1. The van der Waals surface area contributed by atoms with E-state index in [4.69, 9.17) is 26.8 Å². The molecule has 0 fully saturated rings. The number of rotatable bonds is 1. The molecule has 2 aliphatic rings. The number of hydrogen-bond donors (Lipinski definition) is 2. The van der Waals surface area contributed by atoms with E-state index in [1.165, 1.54) is 12.1 Å². The van der Waals surface area contributed by atoms with Crippen LogP contribution in [0.3, 0.4) is 0 Å². The molecule has 0 aromatic heterocycles. The molecule has 2 aromatic rings. The summed E-state index contributed by atoms with van der Waals surface area (Å²) in [6, 6.07) is 7.63. The number of fused-ring (bicyclic) bond motifs is 9. The zero-order valence-corrected chi connectivity index (χ0v) is 15.5. The van der Waals surface area contributed by atoms with Crippen LogP contribution in [-0.2, 0) is 11.2 Å². The lowest BCUT2D eigenvalue weighted by Crippen LogP contribution is -2.46. The lowest BCUT2D eigenvalue weighted by molar-refractivity contribution is -0.119. The van der Waals surface area contributed by atoms with Gasteiger partial charge in [-0.2, -0.15) is 0 Å². The minimum Gasteiger partial charge on any atom is -0.489 e. The summed E-state index contributed by atoms with van der Waals surface area (Å²) in [7, 11) is 0. The normalized spacial score (nSPS) is 17.2. The number of carbonyl (C=O) groups excluding carboxylic acids is 2. The molecule has 0 aliphatic carbocycles. The maximum Gasteiger partial charge on any atom is 0.255 e. The summed E-state index contributed by atoms with van der Waals surface area (Å²) in [5, 5.41) is 2.91. The highest BCUT2D eigenvalue weighted by atomic mass is 35.5. The van der Waals surface area contributed by atoms with Gasteiger partial charge >= 0.3 is 0 Å². The van der Waals surface area contributed by atoms with Gasteiger partial charge in [-0.1, -0.05) is 17.7 Å². The molecular weight excluding hydrogens is 387 g/mol. The molecule has 0 saturated carbocycles. The first-order valence-electron chi connectivity index (χ1n) is 8.53. The summed E-state index contributed by atoms with van der Waals surface area (Å²) >= 11 is 6.21. The lowest BCUT2D eigenvalue weighted by atomic mass is 10.0. The number of primary amides is 1. The summed E-state index contributed by atoms with van der Waals surface area (Å²) in [5.74, 6) is -1.32. The van der Waals surface area contributed by atoms with E-state index in [0.717, 1.165) is 6.07 Å². The fourth-order valence-corrected chi connectivity index (χ4v) is 2.96. The molecule has 0 saturated heterocycles. The average Bonchev–Trinajstić information content (AvgIpc) is 2.65. The van der Waals surface area contributed by atoms with Crippen molar-refractivity contribution in [2.45, 2.75) is 12.5 Å². The Hall–Kier alpha value is -3.06. The molecule has 4 rings (SSSR count). The number of ether oxygens (including phenoxy) is 2. The van der Waals surface area contributed by atoms with Crippen molar-refractivity contribution in [3.63, 3.8) is 0 Å². The first kappa shape index (κ1) is 19.7. The van der Waals surface area contributed by atoms with Crippen LogP contribution in [0.5, 0.6) is 11.5 Å². The Bertz CT molecular complexity index is 932. The predicted octanol–water partition coefficient (Wildman–Crippen LogP) is 2.63. The molecule has 2 amide bonds. The minimum absolute atomic E-state index is 0.0311. The Morgan fingerprint density at radius 1 is 1.11 bits per heavy atom. The standard InChI is InChI=1S/C20H18ClFN2O4/c21-15-9-12-3-5-18(15)28-8-2-1-7-27-17-6-4-13(22)11-14(17)20(26)24-16(10-12)19(23)25/h1-6,9,11,16H,7-8,10H2,(H2,23,25)(H,24,26). The van der Waals surface area contributed by atoms with Gasteiger partial charge in [0.15, 0.2) is 0 Å². The fraction of sp³-hybridized carbons (Fsp3) is 0.200. The summed E-state index contributed by atoms with van der Waals surface area (Å²) < 4.78 is 24.8. The smallest absolute Gasteiger partial charge is 0.255 e. The largest absolute Gasteiger partial charge is 0.489 e. The molecule has 2 bridgehead atoms. The van der Waals surface area contributed by atoms with E-state index in [-0.39, 0.29) is 30.9 Å². The van der Waals surface area contributed by atoms with E-state index in [1.54, 1.807) is 30.4 Å². The van der Waals surface area contributed by atoms with Crippen LogP contribution >= 0.6 is 11.6 Å². The molecular formula is C20H18ClFN2O4. The van der Waals surface area contributed by atoms with Crippen molar-refractivity contribution in [2.75, 3.05) is 13.2 Å². The third kappa shape index (κ3) is 4.80. The number of benzene rings is 2. The van der Waals surface area contributed by atoms with Crippen molar-refractivity contribution in [3.05, 3.63) is 70.5 Å². The zero-order chi connectivity index (χ0) is 20.1. The van der Waals surface area contributed by atoms with Gasteiger partial charge in [-0.3, -0.25) is 9.59 Å². The van der Waals surface area contributed by atoms with Gasteiger partial charge in [-0.15, -0.1) is 0 Å². The topological polar surface area (TPSA) is 90.7 Å². The lowest BCUT2D eigenvalue weighted by Gasteiger charge is -2.18. The zero-order valence-electron chi connectivity index (χ0n) is 14.8. The van der Waals surface area contributed by atoms with Crippen LogP contribution in [0.2, 0.25) is 5.02 Å². The third-order valence-corrected chi connectivity index (χ3v) is 4.40. The van der Waals surface area contributed by atoms with E-state index >= 15 is 0 Å². The third-order valence-electron chi connectivity index (χ3n) is 4.11. The van der Waals surface area contributed by atoms with Crippen LogP contribution in [0.25, 0.3) is 0 Å². The van der Waals surface area contributed by atoms with Crippen molar-refractivity contribution in [2.24, 2.45) is 5.73 Å². The summed E-state index contributed by atoms with van der Waals surface area (Å²) in [6.45, 7) is 0.407. The maximum atomic E-state index is 13.7. The highest BCUT2D eigenvalue weighted by Crippen LogP contribution is 2.26. The molecule has 28 heavy (non-hydrogen) atoms. The van der Waals surface area contributed by atoms with E-state index in [9.17, 15) is 14.0 Å². The second kappa shape index (κ2) is 8.75. The Morgan fingerprint density at radius 2 is 1.79 bits per heavy atom. The molecule has 2 aromatic carbocycles. The van der Waals surface area contributed by atoms with Crippen LogP contribution in [0.1, 0.15) is 15.9 Å². The van der Waals surface area contributed by atoms with Gasteiger partial charge in [-0.05, 0) is 48.0 Å². The van der Waals surface area contributed by atoms with Crippen molar-refractivity contribution >= 4 is 23.4 Å². The van der Waals surface area contributed by atoms with Gasteiger partial charge in [0.25, 0.3) is 5.91 Å². The van der Waals surface area contributed by atoms with Gasteiger partial charge in [0.2, 0.25) is 5.91 Å². The van der Waals surface area contributed by atoms with Gasteiger partial charge in [0.1, 0.15) is 36.6 Å².